The molecule has 1 atom stereocenters. The number of carbonyl (C=O) groups is 1. The predicted octanol–water partition coefficient (Wildman–Crippen LogP) is 2.16. The largest absolute Gasteiger partial charge is 0.306 e. The number of hydrogen-bond donors (Lipinski definition) is 1. The third-order valence-corrected chi connectivity index (χ3v) is 4.01. The number of anilines is 1. The predicted molar refractivity (Wildman–Crippen MR) is 75.2 cm³/mol. The van der Waals surface area contributed by atoms with Crippen molar-refractivity contribution in [2.75, 3.05) is 18.0 Å². The van der Waals surface area contributed by atoms with Crippen LogP contribution in [0, 0.1) is 0 Å². The van der Waals surface area contributed by atoms with Gasteiger partial charge in [-0.15, -0.1) is 11.3 Å². The first-order valence-corrected chi connectivity index (χ1v) is 7.32. The molecule has 0 bridgehead atoms. The van der Waals surface area contributed by atoms with E-state index in [9.17, 15) is 4.79 Å². The fraction of sp³-hybridized carbons (Fsp3) is 0.692. The summed E-state index contributed by atoms with van der Waals surface area (Å²) >= 11 is 1.56. The monoisotopic (exact) mass is 267 g/mol. The van der Waals surface area contributed by atoms with Crippen LogP contribution < -0.4 is 10.2 Å². The van der Waals surface area contributed by atoms with Gasteiger partial charge in [-0.25, -0.2) is 4.98 Å². The highest BCUT2D eigenvalue weighted by Crippen LogP contribution is 2.30. The molecule has 1 aliphatic rings. The summed E-state index contributed by atoms with van der Waals surface area (Å²) in [5.41, 5.74) is 1.10. The van der Waals surface area contributed by atoms with Gasteiger partial charge in [-0.1, -0.05) is 27.7 Å². The molecule has 0 aromatic carbocycles. The lowest BCUT2D eigenvalue weighted by molar-refractivity contribution is -0.118. The second-order valence-electron chi connectivity index (χ2n) is 5.65. The molecule has 1 amide bonds. The maximum atomic E-state index is 12.2. The fourth-order valence-electron chi connectivity index (χ4n) is 2.04. The van der Waals surface area contributed by atoms with Crippen LogP contribution in [0.4, 0.5) is 5.13 Å². The third kappa shape index (κ3) is 2.57. The average molecular weight is 267 g/mol. The molecule has 0 saturated carbocycles. The highest BCUT2D eigenvalue weighted by Gasteiger charge is 2.33. The van der Waals surface area contributed by atoms with Gasteiger partial charge < -0.3 is 5.32 Å². The Balaban J connectivity index is 2.14. The van der Waals surface area contributed by atoms with Crippen LogP contribution in [0.2, 0.25) is 0 Å². The van der Waals surface area contributed by atoms with Crippen LogP contribution in [0.15, 0.2) is 5.38 Å². The maximum Gasteiger partial charge on any atom is 0.245 e. The number of carbonyl (C=O) groups excluding carboxylic acids is 1. The van der Waals surface area contributed by atoms with Gasteiger partial charge in [-0.2, -0.15) is 0 Å². The fourth-order valence-corrected chi connectivity index (χ4v) is 3.12. The molecule has 4 nitrogen and oxygen atoms in total. The van der Waals surface area contributed by atoms with E-state index >= 15 is 0 Å². The lowest BCUT2D eigenvalue weighted by Crippen LogP contribution is -2.38. The molecule has 1 N–H and O–H groups in total. The molecule has 5 heteroatoms. The summed E-state index contributed by atoms with van der Waals surface area (Å²) in [6, 6.07) is -0.0306. The van der Waals surface area contributed by atoms with E-state index in [4.69, 9.17) is 0 Å². The number of nitrogens with one attached hydrogen (secondary N) is 1. The van der Waals surface area contributed by atoms with E-state index in [2.05, 4.69) is 36.5 Å². The highest BCUT2D eigenvalue weighted by molar-refractivity contribution is 7.14. The van der Waals surface area contributed by atoms with E-state index in [0.29, 0.717) is 0 Å². The van der Waals surface area contributed by atoms with Gasteiger partial charge in [0.2, 0.25) is 5.91 Å². The van der Waals surface area contributed by atoms with Crippen LogP contribution in [0.25, 0.3) is 0 Å². The van der Waals surface area contributed by atoms with E-state index in [1.807, 2.05) is 11.8 Å². The molecule has 0 spiro atoms. The summed E-state index contributed by atoms with van der Waals surface area (Å²) < 4.78 is 0. The molecule has 2 rings (SSSR count). The first-order chi connectivity index (χ1) is 8.43. The molecule has 1 aromatic rings. The quantitative estimate of drug-likeness (QED) is 0.913. The van der Waals surface area contributed by atoms with Crippen LogP contribution in [-0.2, 0) is 10.2 Å². The van der Waals surface area contributed by atoms with Crippen molar-refractivity contribution in [3.8, 4) is 0 Å². The van der Waals surface area contributed by atoms with Crippen molar-refractivity contribution < 1.29 is 4.79 Å². The smallest absolute Gasteiger partial charge is 0.245 e. The molecule has 100 valence electrons. The molecule has 1 aromatic heterocycles. The van der Waals surface area contributed by atoms with Gasteiger partial charge in [0.1, 0.15) is 0 Å². The van der Waals surface area contributed by atoms with Gasteiger partial charge in [0, 0.05) is 17.3 Å². The summed E-state index contributed by atoms with van der Waals surface area (Å²) in [5, 5.41) is 6.11. The van der Waals surface area contributed by atoms with Gasteiger partial charge in [-0.05, 0) is 13.0 Å². The van der Waals surface area contributed by atoms with Crippen LogP contribution in [-0.4, -0.2) is 30.0 Å². The third-order valence-electron chi connectivity index (χ3n) is 3.15. The molecule has 1 aliphatic heterocycles. The SMILES string of the molecule is CCNC1CCN(c2nc(C(C)(C)C)cs2)C1=O. The Morgan fingerprint density at radius 2 is 2.28 bits per heavy atom. The number of amides is 1. The van der Waals surface area contributed by atoms with Crippen LogP contribution in [0.1, 0.15) is 39.8 Å². The van der Waals surface area contributed by atoms with Crippen LogP contribution in [0.5, 0.6) is 0 Å². The number of nitrogens with zero attached hydrogens (tertiary/aromatic N) is 2. The Hall–Kier alpha value is -0.940. The number of hydrogen-bond acceptors (Lipinski definition) is 4. The number of likely N-dealkylation sites (N-methyl/N-ethyl adjacent to an activating group) is 1. The first-order valence-electron chi connectivity index (χ1n) is 6.44. The summed E-state index contributed by atoms with van der Waals surface area (Å²) in [6.07, 6.45) is 0.872. The minimum absolute atomic E-state index is 0.0306. The Labute approximate surface area is 112 Å². The van der Waals surface area contributed by atoms with Gasteiger partial charge in [0.15, 0.2) is 5.13 Å². The van der Waals surface area contributed by atoms with Crippen molar-refractivity contribution in [1.29, 1.82) is 0 Å². The topological polar surface area (TPSA) is 45.2 Å². The Kier molecular flexibility index (Phi) is 3.73. The van der Waals surface area contributed by atoms with Crippen molar-refractivity contribution in [2.45, 2.75) is 45.6 Å². The van der Waals surface area contributed by atoms with Gasteiger partial charge in [0.05, 0.1) is 11.7 Å². The minimum Gasteiger partial charge on any atom is -0.306 e. The first kappa shape index (κ1) is 13.5. The van der Waals surface area contributed by atoms with Gasteiger partial charge >= 0.3 is 0 Å². The Bertz CT molecular complexity index is 436. The van der Waals surface area contributed by atoms with E-state index in [1.54, 1.807) is 11.3 Å². The number of aromatic nitrogens is 1. The van der Waals surface area contributed by atoms with Crippen molar-refractivity contribution in [1.82, 2.24) is 10.3 Å². The zero-order chi connectivity index (χ0) is 13.3. The maximum absolute atomic E-state index is 12.2. The Morgan fingerprint density at radius 1 is 1.56 bits per heavy atom. The molecule has 1 fully saturated rings. The van der Waals surface area contributed by atoms with E-state index in [1.165, 1.54) is 0 Å². The molecule has 1 saturated heterocycles. The summed E-state index contributed by atoms with van der Waals surface area (Å²) in [4.78, 5) is 18.6. The van der Waals surface area contributed by atoms with Crippen molar-refractivity contribution >= 4 is 22.4 Å². The molecule has 0 radical (unpaired) electrons. The molecule has 18 heavy (non-hydrogen) atoms. The van der Waals surface area contributed by atoms with Crippen molar-refractivity contribution in [3.05, 3.63) is 11.1 Å². The summed E-state index contributed by atoms with van der Waals surface area (Å²) in [6.45, 7) is 10.0. The van der Waals surface area contributed by atoms with Crippen molar-refractivity contribution in [3.63, 3.8) is 0 Å². The number of thiazole rings is 1. The van der Waals surface area contributed by atoms with Gasteiger partial charge in [-0.3, -0.25) is 9.69 Å². The van der Waals surface area contributed by atoms with Crippen LogP contribution in [0.3, 0.4) is 0 Å². The zero-order valence-corrected chi connectivity index (χ0v) is 12.3. The second-order valence-corrected chi connectivity index (χ2v) is 6.49. The normalized spacial score (nSPS) is 20.8. The summed E-state index contributed by atoms with van der Waals surface area (Å²) in [7, 11) is 0. The van der Waals surface area contributed by atoms with Crippen molar-refractivity contribution in [2.24, 2.45) is 0 Å². The van der Waals surface area contributed by atoms with E-state index < -0.39 is 0 Å². The molecule has 0 aliphatic carbocycles. The second kappa shape index (κ2) is 4.97. The summed E-state index contributed by atoms with van der Waals surface area (Å²) in [5.74, 6) is 0.159. The lowest BCUT2D eigenvalue weighted by Gasteiger charge is -2.16. The van der Waals surface area contributed by atoms with E-state index in [-0.39, 0.29) is 17.4 Å². The minimum atomic E-state index is -0.0306. The molecular weight excluding hydrogens is 246 g/mol. The lowest BCUT2D eigenvalue weighted by atomic mass is 9.93. The highest BCUT2D eigenvalue weighted by atomic mass is 32.1. The number of rotatable bonds is 3. The molecular formula is C13H21N3OS. The molecule has 1 unspecified atom stereocenters. The van der Waals surface area contributed by atoms with Gasteiger partial charge in [0.25, 0.3) is 0 Å². The zero-order valence-electron chi connectivity index (χ0n) is 11.5. The average Bonchev–Trinajstić information content (AvgIpc) is 2.86. The standard InChI is InChI=1S/C13H21N3OS/c1-5-14-9-6-7-16(11(9)17)12-15-10(8-18-12)13(2,3)4/h8-9,14H,5-7H2,1-4H3. The van der Waals surface area contributed by atoms with E-state index in [0.717, 1.165) is 30.3 Å². The Morgan fingerprint density at radius 3 is 2.83 bits per heavy atom. The van der Waals surface area contributed by atoms with Crippen LogP contribution >= 0.6 is 11.3 Å². The molecule has 2 heterocycles.